The highest BCUT2D eigenvalue weighted by Crippen LogP contribution is 2.20. The van der Waals surface area contributed by atoms with Crippen LogP contribution in [0.15, 0.2) is 17.5 Å². The molecular weight excluding hydrogens is 292 g/mol. The molecule has 7 heteroatoms. The lowest BCUT2D eigenvalue weighted by Crippen LogP contribution is -2.38. The highest BCUT2D eigenvalue weighted by atomic mass is 32.1. The second kappa shape index (κ2) is 7.21. The molecule has 21 heavy (non-hydrogen) atoms. The maximum absolute atomic E-state index is 12.0. The summed E-state index contributed by atoms with van der Waals surface area (Å²) in [6.45, 7) is 1.21. The van der Waals surface area contributed by atoms with Gasteiger partial charge in [-0.1, -0.05) is 6.07 Å². The Morgan fingerprint density at radius 2 is 2.24 bits per heavy atom. The summed E-state index contributed by atoms with van der Waals surface area (Å²) in [7, 11) is 0. The molecule has 0 aliphatic carbocycles. The van der Waals surface area contributed by atoms with Crippen LogP contribution in [-0.2, 0) is 9.59 Å². The first-order chi connectivity index (χ1) is 10.1. The molecule has 1 aliphatic rings. The molecule has 2 rings (SSSR count). The average molecular weight is 310 g/mol. The molecule has 0 radical (unpaired) electrons. The number of hydrogen-bond donors (Lipinski definition) is 2. The molecular formula is C14H18N2O4S. The van der Waals surface area contributed by atoms with E-state index >= 15 is 0 Å². The molecule has 0 spiro atoms. The van der Waals surface area contributed by atoms with Crippen LogP contribution in [0.2, 0.25) is 0 Å². The zero-order chi connectivity index (χ0) is 15.2. The quantitative estimate of drug-likeness (QED) is 0.826. The molecule has 1 unspecified atom stereocenters. The molecule has 2 amide bonds. The van der Waals surface area contributed by atoms with Crippen molar-refractivity contribution in [1.82, 2.24) is 10.2 Å². The maximum Gasteiger partial charge on any atom is 0.303 e. The molecule has 1 aromatic heterocycles. The summed E-state index contributed by atoms with van der Waals surface area (Å²) in [5.41, 5.74) is 0. The second-order valence-corrected chi connectivity index (χ2v) is 6.03. The van der Waals surface area contributed by atoms with Crippen LogP contribution in [0.4, 0.5) is 0 Å². The Kier molecular flexibility index (Phi) is 5.32. The highest BCUT2D eigenvalue weighted by Gasteiger charge is 2.26. The number of aliphatic carboxylic acids is 1. The number of nitrogens with zero attached hydrogens (tertiary/aromatic N) is 1. The molecule has 6 nitrogen and oxygen atoms in total. The highest BCUT2D eigenvalue weighted by molar-refractivity contribution is 7.12. The van der Waals surface area contributed by atoms with E-state index in [9.17, 15) is 14.4 Å². The Labute approximate surface area is 126 Å². The van der Waals surface area contributed by atoms with E-state index in [4.69, 9.17) is 5.11 Å². The van der Waals surface area contributed by atoms with E-state index in [1.165, 1.54) is 11.3 Å². The smallest absolute Gasteiger partial charge is 0.303 e. The molecule has 1 saturated heterocycles. The van der Waals surface area contributed by atoms with Gasteiger partial charge in [0.1, 0.15) is 0 Å². The van der Waals surface area contributed by atoms with Crippen LogP contribution >= 0.6 is 11.3 Å². The summed E-state index contributed by atoms with van der Waals surface area (Å²) in [4.78, 5) is 36.5. The fraction of sp³-hybridized carbons (Fsp3) is 0.500. The van der Waals surface area contributed by atoms with Crippen LogP contribution in [0.5, 0.6) is 0 Å². The predicted octanol–water partition coefficient (Wildman–Crippen LogP) is 1.19. The fourth-order valence-electron chi connectivity index (χ4n) is 2.38. The van der Waals surface area contributed by atoms with Gasteiger partial charge < -0.3 is 15.3 Å². The predicted molar refractivity (Wildman–Crippen MR) is 78.2 cm³/mol. The second-order valence-electron chi connectivity index (χ2n) is 5.09. The van der Waals surface area contributed by atoms with Gasteiger partial charge >= 0.3 is 5.97 Å². The van der Waals surface area contributed by atoms with Crippen molar-refractivity contribution in [2.75, 3.05) is 19.6 Å². The minimum atomic E-state index is -0.803. The molecule has 0 saturated carbocycles. The lowest BCUT2D eigenvalue weighted by Gasteiger charge is -2.16. The largest absolute Gasteiger partial charge is 0.481 e. The summed E-state index contributed by atoms with van der Waals surface area (Å²) in [6.07, 6.45) is 1.57. The van der Waals surface area contributed by atoms with Crippen molar-refractivity contribution >= 4 is 29.1 Å². The third kappa shape index (κ3) is 4.56. The van der Waals surface area contributed by atoms with Crippen molar-refractivity contribution < 1.29 is 19.5 Å². The van der Waals surface area contributed by atoms with Crippen LogP contribution < -0.4 is 5.32 Å². The summed E-state index contributed by atoms with van der Waals surface area (Å²) in [6, 6.07) is 3.50. The first-order valence-corrected chi connectivity index (χ1v) is 7.75. The molecule has 1 aliphatic heterocycles. The topological polar surface area (TPSA) is 86.7 Å². The van der Waals surface area contributed by atoms with Gasteiger partial charge in [-0.2, -0.15) is 0 Å². The first-order valence-electron chi connectivity index (χ1n) is 6.87. The number of thiophene rings is 1. The van der Waals surface area contributed by atoms with Gasteiger partial charge in [0.15, 0.2) is 0 Å². The summed E-state index contributed by atoms with van der Waals surface area (Å²) in [5.74, 6) is -0.904. The standard InChI is InChI=1S/C14H18N2O4S/c17-12(8-15-14(20)11-2-1-7-21-11)16-6-5-10(9-16)3-4-13(18)19/h1-2,7,10H,3-6,8-9H2,(H,15,20)(H,18,19). The van der Waals surface area contributed by atoms with Crippen molar-refractivity contribution in [2.24, 2.45) is 5.92 Å². The van der Waals surface area contributed by atoms with Gasteiger partial charge in [0, 0.05) is 19.5 Å². The van der Waals surface area contributed by atoms with Gasteiger partial charge in [-0.15, -0.1) is 11.3 Å². The van der Waals surface area contributed by atoms with Crippen LogP contribution in [0.25, 0.3) is 0 Å². The van der Waals surface area contributed by atoms with Crippen molar-refractivity contribution in [3.8, 4) is 0 Å². The van der Waals surface area contributed by atoms with Crippen molar-refractivity contribution in [3.63, 3.8) is 0 Å². The first kappa shape index (κ1) is 15.5. The molecule has 0 bridgehead atoms. The van der Waals surface area contributed by atoms with Gasteiger partial charge in [-0.25, -0.2) is 0 Å². The summed E-state index contributed by atoms with van der Waals surface area (Å²) >= 11 is 1.33. The number of carbonyl (C=O) groups is 3. The number of hydrogen-bond acceptors (Lipinski definition) is 4. The number of carboxylic acids is 1. The number of likely N-dealkylation sites (tertiary alicyclic amines) is 1. The monoisotopic (exact) mass is 310 g/mol. The molecule has 1 aromatic rings. The number of rotatable bonds is 6. The number of amides is 2. The molecule has 2 N–H and O–H groups in total. The maximum atomic E-state index is 12.0. The van der Waals surface area contributed by atoms with E-state index in [0.717, 1.165) is 6.42 Å². The summed E-state index contributed by atoms with van der Waals surface area (Å²) in [5, 5.41) is 13.1. The lowest BCUT2D eigenvalue weighted by molar-refractivity contribution is -0.137. The molecule has 114 valence electrons. The molecule has 2 heterocycles. The fourth-order valence-corrected chi connectivity index (χ4v) is 3.03. The molecule has 1 fully saturated rings. The van der Waals surface area contributed by atoms with E-state index < -0.39 is 5.97 Å². The van der Waals surface area contributed by atoms with E-state index in [1.807, 2.05) is 5.38 Å². The van der Waals surface area contributed by atoms with Crippen LogP contribution in [0.3, 0.4) is 0 Å². The van der Waals surface area contributed by atoms with Crippen LogP contribution in [0, 0.1) is 5.92 Å². The average Bonchev–Trinajstić information content (AvgIpc) is 3.12. The zero-order valence-electron chi connectivity index (χ0n) is 11.6. The van der Waals surface area contributed by atoms with Gasteiger partial charge in [-0.3, -0.25) is 14.4 Å². The van der Waals surface area contributed by atoms with Gasteiger partial charge in [0.05, 0.1) is 11.4 Å². The Bertz CT molecular complexity index is 515. The van der Waals surface area contributed by atoms with E-state index in [0.29, 0.717) is 24.4 Å². The van der Waals surface area contributed by atoms with Crippen LogP contribution in [0.1, 0.15) is 28.9 Å². The molecule has 0 aromatic carbocycles. The Hall–Kier alpha value is -1.89. The lowest BCUT2D eigenvalue weighted by atomic mass is 10.0. The third-order valence-electron chi connectivity index (χ3n) is 3.55. The van der Waals surface area contributed by atoms with Gasteiger partial charge in [0.25, 0.3) is 5.91 Å². The van der Waals surface area contributed by atoms with Crippen molar-refractivity contribution in [1.29, 1.82) is 0 Å². The number of carbonyl (C=O) groups excluding carboxylic acids is 2. The van der Waals surface area contributed by atoms with Crippen molar-refractivity contribution in [3.05, 3.63) is 22.4 Å². The minimum absolute atomic E-state index is 0.0115. The number of nitrogens with one attached hydrogen (secondary N) is 1. The third-order valence-corrected chi connectivity index (χ3v) is 4.42. The SMILES string of the molecule is O=C(O)CCC1CCN(C(=O)CNC(=O)c2cccs2)C1. The number of carboxylic acid groups (broad SMARTS) is 1. The Morgan fingerprint density at radius 1 is 1.43 bits per heavy atom. The van der Waals surface area contributed by atoms with Gasteiger partial charge in [-0.05, 0) is 30.2 Å². The van der Waals surface area contributed by atoms with Crippen molar-refractivity contribution in [2.45, 2.75) is 19.3 Å². The minimum Gasteiger partial charge on any atom is -0.481 e. The zero-order valence-corrected chi connectivity index (χ0v) is 12.4. The van der Waals surface area contributed by atoms with E-state index in [-0.39, 0.29) is 30.7 Å². The Balaban J connectivity index is 1.72. The van der Waals surface area contributed by atoms with Crippen LogP contribution in [-0.4, -0.2) is 47.4 Å². The normalized spacial score (nSPS) is 17.7. The van der Waals surface area contributed by atoms with E-state index in [1.54, 1.807) is 17.0 Å². The van der Waals surface area contributed by atoms with Gasteiger partial charge in [0.2, 0.25) is 5.91 Å². The molecule has 1 atom stereocenters. The Morgan fingerprint density at radius 3 is 2.90 bits per heavy atom. The van der Waals surface area contributed by atoms with E-state index in [2.05, 4.69) is 5.32 Å². The summed E-state index contributed by atoms with van der Waals surface area (Å²) < 4.78 is 0.